The molecule has 1 N–H and O–H groups in total. The SMILES string of the molecule is COP(=O)(OC)C(=CNC(=O)c1ccccc1)c1ccccc1F. The monoisotopic (exact) mass is 349 g/mol. The zero-order valence-corrected chi connectivity index (χ0v) is 14.1. The highest BCUT2D eigenvalue weighted by molar-refractivity contribution is 7.65. The third kappa shape index (κ3) is 3.97. The van der Waals surface area contributed by atoms with Crippen LogP contribution in [-0.2, 0) is 13.6 Å². The third-order valence-electron chi connectivity index (χ3n) is 3.30. The number of hydrogen-bond acceptors (Lipinski definition) is 4. The Morgan fingerprint density at radius 3 is 2.21 bits per heavy atom. The summed E-state index contributed by atoms with van der Waals surface area (Å²) in [5.74, 6) is -1.03. The van der Waals surface area contributed by atoms with E-state index in [2.05, 4.69) is 5.32 Å². The van der Waals surface area contributed by atoms with E-state index in [0.717, 1.165) is 6.20 Å². The molecule has 126 valence electrons. The van der Waals surface area contributed by atoms with Crippen molar-refractivity contribution in [2.45, 2.75) is 0 Å². The maximum atomic E-state index is 14.1. The second kappa shape index (κ2) is 8.02. The molecule has 2 rings (SSSR count). The minimum absolute atomic E-state index is 0.0258. The normalized spacial score (nSPS) is 12.0. The lowest BCUT2D eigenvalue weighted by molar-refractivity contribution is 0.0970. The van der Waals surface area contributed by atoms with Gasteiger partial charge in [0, 0.05) is 31.5 Å². The van der Waals surface area contributed by atoms with Gasteiger partial charge in [-0.25, -0.2) is 4.39 Å². The van der Waals surface area contributed by atoms with Crippen molar-refractivity contribution in [2.24, 2.45) is 0 Å². The van der Waals surface area contributed by atoms with Gasteiger partial charge in [0.05, 0.1) is 5.31 Å². The quantitative estimate of drug-likeness (QED) is 0.800. The van der Waals surface area contributed by atoms with E-state index in [0.29, 0.717) is 5.56 Å². The Kier molecular flexibility index (Phi) is 6.04. The molecule has 0 aliphatic carbocycles. The molecule has 0 fully saturated rings. The molecule has 2 aromatic rings. The van der Waals surface area contributed by atoms with Gasteiger partial charge in [-0.05, 0) is 18.2 Å². The van der Waals surface area contributed by atoms with E-state index in [1.54, 1.807) is 36.4 Å². The van der Waals surface area contributed by atoms with Gasteiger partial charge in [-0.1, -0.05) is 36.4 Å². The van der Waals surface area contributed by atoms with Gasteiger partial charge in [-0.2, -0.15) is 0 Å². The molecule has 0 aliphatic rings. The van der Waals surface area contributed by atoms with Crippen molar-refractivity contribution in [3.63, 3.8) is 0 Å². The highest BCUT2D eigenvalue weighted by Crippen LogP contribution is 2.59. The first-order chi connectivity index (χ1) is 11.5. The number of amides is 1. The third-order valence-corrected chi connectivity index (χ3v) is 5.22. The number of carbonyl (C=O) groups excluding carboxylic acids is 1. The summed E-state index contributed by atoms with van der Waals surface area (Å²) in [4.78, 5) is 12.1. The Morgan fingerprint density at radius 2 is 1.62 bits per heavy atom. The van der Waals surface area contributed by atoms with Crippen molar-refractivity contribution >= 4 is 18.8 Å². The van der Waals surface area contributed by atoms with Crippen LogP contribution in [0, 0.1) is 5.82 Å². The molecule has 0 atom stereocenters. The predicted molar refractivity (Wildman–Crippen MR) is 89.9 cm³/mol. The zero-order chi connectivity index (χ0) is 17.6. The van der Waals surface area contributed by atoms with Crippen LogP contribution >= 0.6 is 7.60 Å². The molecule has 0 saturated heterocycles. The lowest BCUT2D eigenvalue weighted by atomic mass is 10.2. The van der Waals surface area contributed by atoms with E-state index in [1.807, 2.05) is 0 Å². The van der Waals surface area contributed by atoms with Crippen LogP contribution in [0.2, 0.25) is 0 Å². The molecular weight excluding hydrogens is 332 g/mol. The van der Waals surface area contributed by atoms with Gasteiger partial charge in [0.2, 0.25) is 0 Å². The van der Waals surface area contributed by atoms with Crippen LogP contribution in [0.5, 0.6) is 0 Å². The van der Waals surface area contributed by atoms with E-state index in [1.165, 1.54) is 32.4 Å². The summed E-state index contributed by atoms with van der Waals surface area (Å²) in [6.45, 7) is 0. The first-order valence-electron chi connectivity index (χ1n) is 7.05. The van der Waals surface area contributed by atoms with Crippen LogP contribution in [0.25, 0.3) is 5.31 Å². The topological polar surface area (TPSA) is 64.6 Å². The van der Waals surface area contributed by atoms with Crippen molar-refractivity contribution in [1.29, 1.82) is 0 Å². The van der Waals surface area contributed by atoms with Crippen LogP contribution in [-0.4, -0.2) is 20.1 Å². The summed E-state index contributed by atoms with van der Waals surface area (Å²) in [5, 5.41) is 2.43. The lowest BCUT2D eigenvalue weighted by Crippen LogP contribution is -2.18. The van der Waals surface area contributed by atoms with E-state index >= 15 is 0 Å². The second-order valence-corrected chi connectivity index (χ2v) is 6.92. The fraction of sp³-hybridized carbons (Fsp3) is 0.118. The van der Waals surface area contributed by atoms with Crippen molar-refractivity contribution in [3.8, 4) is 0 Å². The summed E-state index contributed by atoms with van der Waals surface area (Å²) in [6.07, 6.45) is 1.15. The molecule has 0 heterocycles. The van der Waals surface area contributed by atoms with Gasteiger partial charge in [-0.3, -0.25) is 9.36 Å². The number of halogens is 1. The molecule has 0 aromatic heterocycles. The summed E-state index contributed by atoms with van der Waals surface area (Å²) in [5.41, 5.74) is 0.434. The number of benzene rings is 2. The molecule has 0 saturated carbocycles. The number of carbonyl (C=O) groups is 1. The molecule has 0 bridgehead atoms. The molecule has 5 nitrogen and oxygen atoms in total. The second-order valence-electron chi connectivity index (χ2n) is 4.71. The Balaban J connectivity index is 2.42. The fourth-order valence-corrected chi connectivity index (χ4v) is 3.29. The summed E-state index contributed by atoms with van der Waals surface area (Å²) in [7, 11) is -1.40. The zero-order valence-electron chi connectivity index (χ0n) is 13.2. The number of nitrogens with one attached hydrogen (secondary N) is 1. The Morgan fingerprint density at radius 1 is 1.04 bits per heavy atom. The van der Waals surface area contributed by atoms with Gasteiger partial charge in [0.1, 0.15) is 5.82 Å². The lowest BCUT2D eigenvalue weighted by Gasteiger charge is -2.18. The highest BCUT2D eigenvalue weighted by atomic mass is 31.2. The van der Waals surface area contributed by atoms with Gasteiger partial charge in [0.25, 0.3) is 5.91 Å². The summed E-state index contributed by atoms with van der Waals surface area (Å²) >= 11 is 0. The van der Waals surface area contributed by atoms with Crippen LogP contribution in [0.15, 0.2) is 60.8 Å². The van der Waals surface area contributed by atoms with E-state index < -0.39 is 19.3 Å². The van der Waals surface area contributed by atoms with E-state index in [9.17, 15) is 13.8 Å². The average molecular weight is 349 g/mol. The molecule has 0 radical (unpaired) electrons. The van der Waals surface area contributed by atoms with Gasteiger partial charge >= 0.3 is 7.60 Å². The molecule has 0 unspecified atom stereocenters. The van der Waals surface area contributed by atoms with Crippen molar-refractivity contribution in [3.05, 3.63) is 77.7 Å². The maximum Gasteiger partial charge on any atom is 0.362 e. The first kappa shape index (κ1) is 18.1. The van der Waals surface area contributed by atoms with Crippen molar-refractivity contribution in [1.82, 2.24) is 5.32 Å². The highest BCUT2D eigenvalue weighted by Gasteiger charge is 2.31. The van der Waals surface area contributed by atoms with Gasteiger partial charge in [-0.15, -0.1) is 0 Å². The molecule has 24 heavy (non-hydrogen) atoms. The molecule has 7 heteroatoms. The average Bonchev–Trinajstić information content (AvgIpc) is 2.63. The maximum absolute atomic E-state index is 14.1. The van der Waals surface area contributed by atoms with E-state index in [4.69, 9.17) is 9.05 Å². The molecule has 0 spiro atoms. The smallest absolute Gasteiger partial charge is 0.328 e. The first-order valence-corrected chi connectivity index (χ1v) is 8.59. The Labute approximate surface area is 139 Å². The fourth-order valence-electron chi connectivity index (χ4n) is 2.05. The van der Waals surface area contributed by atoms with Crippen molar-refractivity contribution < 1.29 is 22.8 Å². The number of hydrogen-bond donors (Lipinski definition) is 1. The minimum atomic E-state index is -3.78. The summed E-state index contributed by atoms with van der Waals surface area (Å²) in [6, 6.07) is 14.2. The Bertz CT molecular complexity index is 784. The molecular formula is C17H17FNO4P. The largest absolute Gasteiger partial charge is 0.362 e. The van der Waals surface area contributed by atoms with E-state index in [-0.39, 0.29) is 10.9 Å². The van der Waals surface area contributed by atoms with Crippen molar-refractivity contribution in [2.75, 3.05) is 14.2 Å². The predicted octanol–water partition coefficient (Wildman–Crippen LogP) is 4.04. The standard InChI is InChI=1S/C17H17FNO4P/c1-22-24(21,23-2)16(14-10-6-7-11-15(14)18)12-19-17(20)13-8-4-3-5-9-13/h3-12H,1-2H3,(H,19,20). The van der Waals surface area contributed by atoms with Gasteiger partial charge < -0.3 is 14.4 Å². The minimum Gasteiger partial charge on any atom is -0.328 e. The molecule has 1 amide bonds. The van der Waals surface area contributed by atoms with Crippen LogP contribution in [0.1, 0.15) is 15.9 Å². The van der Waals surface area contributed by atoms with Crippen LogP contribution in [0.4, 0.5) is 4.39 Å². The van der Waals surface area contributed by atoms with Crippen LogP contribution < -0.4 is 5.32 Å². The number of rotatable bonds is 6. The van der Waals surface area contributed by atoms with Gasteiger partial charge in [0.15, 0.2) is 0 Å². The van der Waals surface area contributed by atoms with Crippen LogP contribution in [0.3, 0.4) is 0 Å². The Hall–Kier alpha value is -2.27. The molecule has 2 aromatic carbocycles. The summed E-state index contributed by atoms with van der Waals surface area (Å²) < 4.78 is 36.7. The molecule has 0 aliphatic heterocycles.